The van der Waals surface area contributed by atoms with Crippen LogP contribution in [0.1, 0.15) is 32.7 Å². The minimum atomic E-state index is -0.299. The predicted molar refractivity (Wildman–Crippen MR) is 106 cm³/mol. The number of carbonyl (C=O) groups excluding carboxylic acids is 2. The molecule has 3 aromatic rings. The highest BCUT2D eigenvalue weighted by molar-refractivity contribution is 5.96. The summed E-state index contributed by atoms with van der Waals surface area (Å²) in [5.74, 6) is 0.619. The van der Waals surface area contributed by atoms with E-state index in [2.05, 4.69) is 10.3 Å². The van der Waals surface area contributed by atoms with Gasteiger partial charge in [-0.1, -0.05) is 0 Å². The first-order chi connectivity index (χ1) is 13.4. The summed E-state index contributed by atoms with van der Waals surface area (Å²) in [5, 5.41) is 2.76. The third-order valence-corrected chi connectivity index (χ3v) is 4.67. The average Bonchev–Trinajstić information content (AvgIpc) is 3.10. The maximum absolute atomic E-state index is 12.6. The molecule has 0 unspecified atom stereocenters. The number of hydrogen-bond acceptors (Lipinski definition) is 5. The summed E-state index contributed by atoms with van der Waals surface area (Å²) in [7, 11) is 3.04. The van der Waals surface area contributed by atoms with Crippen molar-refractivity contribution in [1.29, 1.82) is 0 Å². The van der Waals surface area contributed by atoms with Gasteiger partial charge in [0.05, 0.1) is 25.3 Å². The number of nitrogens with zero attached hydrogens (tertiary/aromatic N) is 2. The monoisotopic (exact) mass is 381 g/mol. The number of benzene rings is 2. The molecule has 1 amide bonds. The molecule has 0 aliphatic heterocycles. The van der Waals surface area contributed by atoms with E-state index in [0.29, 0.717) is 17.1 Å². The molecular weight excluding hydrogens is 358 g/mol. The lowest BCUT2D eigenvalue weighted by atomic mass is 10.1. The standard InChI is InChI=1S/C21H23N3O4/c1-13-7-18-19(8-14(13)2)24(12-23-18)20(25)5-6-22-21(26)15-9-16(27-3)11-17(10-15)28-4/h7-12H,5-6H2,1-4H3,(H,22,26). The van der Waals surface area contributed by atoms with Crippen LogP contribution in [0.15, 0.2) is 36.7 Å². The van der Waals surface area contributed by atoms with Crippen molar-refractivity contribution >= 4 is 22.8 Å². The highest BCUT2D eigenvalue weighted by Gasteiger charge is 2.13. The SMILES string of the molecule is COc1cc(OC)cc(C(=O)NCCC(=O)n2cnc3cc(C)c(C)cc32)c1. The molecule has 0 aliphatic carbocycles. The summed E-state index contributed by atoms with van der Waals surface area (Å²) in [6.07, 6.45) is 1.69. The normalized spacial score (nSPS) is 10.7. The van der Waals surface area contributed by atoms with Crippen molar-refractivity contribution in [2.45, 2.75) is 20.3 Å². The van der Waals surface area contributed by atoms with Crippen molar-refractivity contribution in [1.82, 2.24) is 14.9 Å². The van der Waals surface area contributed by atoms with E-state index < -0.39 is 0 Å². The fraction of sp³-hybridized carbons (Fsp3) is 0.286. The van der Waals surface area contributed by atoms with Crippen molar-refractivity contribution in [3.63, 3.8) is 0 Å². The second-order valence-corrected chi connectivity index (χ2v) is 6.54. The topological polar surface area (TPSA) is 82.5 Å². The lowest BCUT2D eigenvalue weighted by Crippen LogP contribution is -2.27. The molecule has 0 bridgehead atoms. The second-order valence-electron chi connectivity index (χ2n) is 6.54. The lowest BCUT2D eigenvalue weighted by molar-refractivity contribution is 0.0897. The Morgan fingerprint density at radius 2 is 1.64 bits per heavy atom. The van der Waals surface area contributed by atoms with Gasteiger partial charge in [-0.25, -0.2) is 4.98 Å². The zero-order chi connectivity index (χ0) is 20.3. The number of carbonyl (C=O) groups is 2. The van der Waals surface area contributed by atoms with Crippen molar-refractivity contribution in [2.75, 3.05) is 20.8 Å². The number of ether oxygens (including phenoxy) is 2. The van der Waals surface area contributed by atoms with E-state index in [1.165, 1.54) is 25.1 Å². The Hall–Kier alpha value is -3.35. The number of aromatic nitrogens is 2. The summed E-state index contributed by atoms with van der Waals surface area (Å²) in [6, 6.07) is 8.85. The van der Waals surface area contributed by atoms with Crippen LogP contribution in [-0.2, 0) is 0 Å². The second kappa shape index (κ2) is 8.12. The van der Waals surface area contributed by atoms with Crippen LogP contribution in [0.4, 0.5) is 0 Å². The largest absolute Gasteiger partial charge is 0.497 e. The molecule has 146 valence electrons. The third kappa shape index (κ3) is 3.98. The quantitative estimate of drug-likeness (QED) is 0.709. The molecular formula is C21H23N3O4. The zero-order valence-electron chi connectivity index (χ0n) is 16.4. The van der Waals surface area contributed by atoms with Crippen molar-refractivity contribution < 1.29 is 19.1 Å². The smallest absolute Gasteiger partial charge is 0.251 e. The number of methoxy groups -OCH3 is 2. The van der Waals surface area contributed by atoms with E-state index in [1.807, 2.05) is 26.0 Å². The van der Waals surface area contributed by atoms with Crippen molar-refractivity contribution in [3.05, 3.63) is 53.3 Å². The van der Waals surface area contributed by atoms with Gasteiger partial charge in [0.2, 0.25) is 5.91 Å². The molecule has 1 N–H and O–H groups in total. The summed E-state index contributed by atoms with van der Waals surface area (Å²) in [5.41, 5.74) is 4.19. The number of fused-ring (bicyclic) bond motifs is 1. The Morgan fingerprint density at radius 3 is 2.29 bits per heavy atom. The first kappa shape index (κ1) is 19.4. The van der Waals surface area contributed by atoms with Gasteiger partial charge in [-0.05, 0) is 49.2 Å². The Morgan fingerprint density at radius 1 is 1.00 bits per heavy atom. The van der Waals surface area contributed by atoms with Crippen LogP contribution in [0.25, 0.3) is 11.0 Å². The van der Waals surface area contributed by atoms with Crippen LogP contribution in [0.3, 0.4) is 0 Å². The molecule has 0 fully saturated rings. The van der Waals surface area contributed by atoms with Crippen LogP contribution in [0.5, 0.6) is 11.5 Å². The first-order valence-corrected chi connectivity index (χ1v) is 8.91. The Balaban J connectivity index is 1.66. The first-order valence-electron chi connectivity index (χ1n) is 8.91. The molecule has 7 nitrogen and oxygen atoms in total. The summed E-state index contributed by atoms with van der Waals surface area (Å²) in [6.45, 7) is 4.22. The molecule has 28 heavy (non-hydrogen) atoms. The molecule has 0 radical (unpaired) electrons. The molecule has 0 aliphatic rings. The van der Waals surface area contributed by atoms with Crippen LogP contribution in [-0.4, -0.2) is 42.1 Å². The lowest BCUT2D eigenvalue weighted by Gasteiger charge is -2.09. The van der Waals surface area contributed by atoms with Crippen LogP contribution in [0, 0.1) is 13.8 Å². The van der Waals surface area contributed by atoms with Crippen LogP contribution in [0.2, 0.25) is 0 Å². The number of amides is 1. The third-order valence-electron chi connectivity index (χ3n) is 4.67. The van der Waals surface area contributed by atoms with Gasteiger partial charge >= 0.3 is 0 Å². The molecule has 7 heteroatoms. The minimum absolute atomic E-state index is 0.130. The Kier molecular flexibility index (Phi) is 5.63. The number of imidazole rings is 1. The van der Waals surface area contributed by atoms with Gasteiger partial charge in [0.15, 0.2) is 0 Å². The maximum atomic E-state index is 12.6. The highest BCUT2D eigenvalue weighted by Crippen LogP contribution is 2.22. The van der Waals surface area contributed by atoms with Gasteiger partial charge in [0, 0.05) is 24.6 Å². The summed E-state index contributed by atoms with van der Waals surface area (Å²) in [4.78, 5) is 29.3. The van der Waals surface area contributed by atoms with E-state index >= 15 is 0 Å². The minimum Gasteiger partial charge on any atom is -0.497 e. The van der Waals surface area contributed by atoms with E-state index in [4.69, 9.17) is 9.47 Å². The Labute approximate surface area is 163 Å². The molecule has 3 rings (SSSR count). The van der Waals surface area contributed by atoms with Crippen LogP contribution >= 0.6 is 0 Å². The van der Waals surface area contributed by atoms with Crippen molar-refractivity contribution in [2.24, 2.45) is 0 Å². The Bertz CT molecular complexity index is 1020. The molecule has 0 atom stereocenters. The van der Waals surface area contributed by atoms with E-state index in [9.17, 15) is 9.59 Å². The summed E-state index contributed by atoms with van der Waals surface area (Å²) < 4.78 is 11.9. The van der Waals surface area contributed by atoms with Gasteiger partial charge in [-0.2, -0.15) is 0 Å². The molecule has 1 aromatic heterocycles. The van der Waals surface area contributed by atoms with Crippen molar-refractivity contribution in [3.8, 4) is 11.5 Å². The molecule has 1 heterocycles. The molecule has 2 aromatic carbocycles. The fourth-order valence-electron chi connectivity index (χ4n) is 2.91. The van der Waals surface area contributed by atoms with Crippen LogP contribution < -0.4 is 14.8 Å². The zero-order valence-corrected chi connectivity index (χ0v) is 16.4. The van der Waals surface area contributed by atoms with E-state index in [0.717, 1.165) is 22.2 Å². The average molecular weight is 381 g/mol. The van der Waals surface area contributed by atoms with E-state index in [-0.39, 0.29) is 24.8 Å². The number of hydrogen-bond donors (Lipinski definition) is 1. The van der Waals surface area contributed by atoms with Gasteiger partial charge in [0.25, 0.3) is 5.91 Å². The summed E-state index contributed by atoms with van der Waals surface area (Å²) >= 11 is 0. The van der Waals surface area contributed by atoms with Gasteiger partial charge in [0.1, 0.15) is 17.8 Å². The molecule has 0 spiro atoms. The maximum Gasteiger partial charge on any atom is 0.251 e. The number of nitrogens with one attached hydrogen (secondary N) is 1. The van der Waals surface area contributed by atoms with Gasteiger partial charge < -0.3 is 14.8 Å². The predicted octanol–water partition coefficient (Wildman–Crippen LogP) is 3.13. The fourth-order valence-corrected chi connectivity index (χ4v) is 2.91. The number of rotatable bonds is 6. The van der Waals surface area contributed by atoms with Gasteiger partial charge in [-0.15, -0.1) is 0 Å². The molecule has 0 saturated carbocycles. The van der Waals surface area contributed by atoms with E-state index in [1.54, 1.807) is 18.2 Å². The highest BCUT2D eigenvalue weighted by atomic mass is 16.5. The van der Waals surface area contributed by atoms with Gasteiger partial charge in [-0.3, -0.25) is 14.2 Å². The molecule has 0 saturated heterocycles. The number of aryl methyl sites for hydroxylation is 2.